The summed E-state index contributed by atoms with van der Waals surface area (Å²) in [5.74, 6) is 0.332. The summed E-state index contributed by atoms with van der Waals surface area (Å²) in [6, 6.07) is 8.46. The van der Waals surface area contributed by atoms with Crippen LogP contribution in [0, 0.1) is 0 Å². The third-order valence-corrected chi connectivity index (χ3v) is 3.03. The zero-order valence-corrected chi connectivity index (χ0v) is 12.5. The molecule has 0 fully saturated rings. The third kappa shape index (κ3) is 3.48. The maximum Gasteiger partial charge on any atom is 0.255 e. The van der Waals surface area contributed by atoms with Gasteiger partial charge in [0.1, 0.15) is 10.4 Å². The standard InChI is InChI=1S/C14H14BrN3O2/c1-2-20-12-5-3-9(7-11(12)16)14(19)18-10-4-6-13(15)17-8-10/h3-8H,2,16H2,1H3,(H,18,19). The van der Waals surface area contributed by atoms with Gasteiger partial charge in [0.05, 0.1) is 24.2 Å². The molecule has 0 atom stereocenters. The van der Waals surface area contributed by atoms with Crippen molar-refractivity contribution in [1.29, 1.82) is 0 Å². The Morgan fingerprint density at radius 1 is 1.40 bits per heavy atom. The van der Waals surface area contributed by atoms with Gasteiger partial charge in [-0.25, -0.2) is 4.98 Å². The molecular weight excluding hydrogens is 322 g/mol. The molecule has 20 heavy (non-hydrogen) atoms. The van der Waals surface area contributed by atoms with Gasteiger partial charge in [0, 0.05) is 5.56 Å². The number of nitrogens with two attached hydrogens (primary N) is 1. The van der Waals surface area contributed by atoms with Gasteiger partial charge in [-0.1, -0.05) is 0 Å². The van der Waals surface area contributed by atoms with E-state index in [0.717, 1.165) is 0 Å². The van der Waals surface area contributed by atoms with Crippen molar-refractivity contribution in [1.82, 2.24) is 4.98 Å². The van der Waals surface area contributed by atoms with Crippen LogP contribution < -0.4 is 15.8 Å². The first-order chi connectivity index (χ1) is 9.60. The van der Waals surface area contributed by atoms with E-state index in [1.807, 2.05) is 6.92 Å². The molecule has 2 aromatic rings. The lowest BCUT2D eigenvalue weighted by Crippen LogP contribution is -2.12. The first kappa shape index (κ1) is 14.3. The van der Waals surface area contributed by atoms with Crippen LogP contribution in [0.15, 0.2) is 41.1 Å². The topological polar surface area (TPSA) is 77.2 Å². The summed E-state index contributed by atoms with van der Waals surface area (Å²) >= 11 is 3.23. The van der Waals surface area contributed by atoms with Gasteiger partial charge in [-0.15, -0.1) is 0 Å². The normalized spacial score (nSPS) is 10.1. The second-order valence-corrected chi connectivity index (χ2v) is 4.82. The number of hydrogen-bond acceptors (Lipinski definition) is 4. The number of rotatable bonds is 4. The van der Waals surface area contributed by atoms with Crippen LogP contribution in [0.3, 0.4) is 0 Å². The number of pyridine rings is 1. The predicted molar refractivity (Wildman–Crippen MR) is 81.9 cm³/mol. The van der Waals surface area contributed by atoms with Crippen LogP contribution in [0.1, 0.15) is 17.3 Å². The zero-order chi connectivity index (χ0) is 14.5. The number of aromatic nitrogens is 1. The molecule has 0 saturated carbocycles. The second kappa shape index (κ2) is 6.38. The van der Waals surface area contributed by atoms with Crippen LogP contribution in [0.5, 0.6) is 5.75 Å². The fourth-order valence-electron chi connectivity index (χ4n) is 1.63. The molecule has 0 aliphatic carbocycles. The molecule has 6 heteroatoms. The number of nitrogen functional groups attached to an aromatic ring is 1. The highest BCUT2D eigenvalue weighted by molar-refractivity contribution is 9.10. The Balaban J connectivity index is 2.13. The Labute approximate surface area is 125 Å². The van der Waals surface area contributed by atoms with E-state index in [9.17, 15) is 4.79 Å². The highest BCUT2D eigenvalue weighted by atomic mass is 79.9. The van der Waals surface area contributed by atoms with Crippen molar-refractivity contribution in [3.63, 3.8) is 0 Å². The Kier molecular flexibility index (Phi) is 4.57. The minimum Gasteiger partial charge on any atom is -0.492 e. The first-order valence-electron chi connectivity index (χ1n) is 6.05. The molecule has 0 unspecified atom stereocenters. The number of anilines is 2. The van der Waals surface area contributed by atoms with E-state index in [1.54, 1.807) is 36.5 Å². The Bertz CT molecular complexity index is 614. The number of carbonyl (C=O) groups excluding carboxylic acids is 1. The zero-order valence-electron chi connectivity index (χ0n) is 10.9. The van der Waals surface area contributed by atoms with Crippen molar-refractivity contribution in [2.45, 2.75) is 6.92 Å². The molecule has 0 aliphatic heterocycles. The molecule has 5 nitrogen and oxygen atoms in total. The van der Waals surface area contributed by atoms with E-state index in [1.165, 1.54) is 0 Å². The number of amides is 1. The predicted octanol–water partition coefficient (Wildman–Crippen LogP) is 3.08. The summed E-state index contributed by atoms with van der Waals surface area (Å²) in [5.41, 5.74) is 7.36. The van der Waals surface area contributed by atoms with Crippen LogP contribution in [-0.4, -0.2) is 17.5 Å². The van der Waals surface area contributed by atoms with E-state index < -0.39 is 0 Å². The smallest absolute Gasteiger partial charge is 0.255 e. The van der Waals surface area contributed by atoms with E-state index in [-0.39, 0.29) is 5.91 Å². The van der Waals surface area contributed by atoms with Crippen molar-refractivity contribution in [2.24, 2.45) is 0 Å². The Hall–Kier alpha value is -2.08. The molecule has 1 heterocycles. The molecule has 0 saturated heterocycles. The first-order valence-corrected chi connectivity index (χ1v) is 6.84. The highest BCUT2D eigenvalue weighted by Gasteiger charge is 2.09. The summed E-state index contributed by atoms with van der Waals surface area (Å²) in [4.78, 5) is 16.1. The number of nitrogens with one attached hydrogen (secondary N) is 1. The maximum absolute atomic E-state index is 12.1. The maximum atomic E-state index is 12.1. The monoisotopic (exact) mass is 335 g/mol. The summed E-state index contributed by atoms with van der Waals surface area (Å²) in [6.07, 6.45) is 1.57. The quantitative estimate of drug-likeness (QED) is 0.664. The fraction of sp³-hybridized carbons (Fsp3) is 0.143. The number of nitrogens with zero attached hydrogens (tertiary/aromatic N) is 1. The number of carbonyl (C=O) groups is 1. The van der Waals surface area contributed by atoms with E-state index in [2.05, 4.69) is 26.2 Å². The molecule has 104 valence electrons. The molecule has 2 rings (SSSR count). The summed E-state index contributed by atoms with van der Waals surface area (Å²) in [7, 11) is 0. The third-order valence-electron chi connectivity index (χ3n) is 2.56. The van der Waals surface area contributed by atoms with Gasteiger partial charge in [0.2, 0.25) is 0 Å². The minimum atomic E-state index is -0.246. The van der Waals surface area contributed by atoms with Gasteiger partial charge < -0.3 is 15.8 Å². The van der Waals surface area contributed by atoms with Crippen LogP contribution >= 0.6 is 15.9 Å². The van der Waals surface area contributed by atoms with Gasteiger partial charge in [-0.05, 0) is 53.2 Å². The molecule has 0 spiro atoms. The van der Waals surface area contributed by atoms with Crippen molar-refractivity contribution < 1.29 is 9.53 Å². The van der Waals surface area contributed by atoms with Crippen molar-refractivity contribution in [3.8, 4) is 5.75 Å². The van der Waals surface area contributed by atoms with Gasteiger partial charge in [-0.3, -0.25) is 4.79 Å². The average molecular weight is 336 g/mol. The lowest BCUT2D eigenvalue weighted by Gasteiger charge is -2.09. The Morgan fingerprint density at radius 2 is 2.20 bits per heavy atom. The molecule has 1 amide bonds. The number of hydrogen-bond donors (Lipinski definition) is 2. The van der Waals surface area contributed by atoms with Gasteiger partial charge in [-0.2, -0.15) is 0 Å². The van der Waals surface area contributed by atoms with Crippen LogP contribution in [0.25, 0.3) is 0 Å². The molecule has 1 aromatic heterocycles. The fourth-order valence-corrected chi connectivity index (χ4v) is 1.86. The lowest BCUT2D eigenvalue weighted by atomic mass is 10.1. The number of ether oxygens (including phenoxy) is 1. The van der Waals surface area contributed by atoms with Crippen molar-refractivity contribution >= 4 is 33.2 Å². The molecule has 3 N–H and O–H groups in total. The molecule has 0 aliphatic rings. The van der Waals surface area contributed by atoms with Gasteiger partial charge >= 0.3 is 0 Å². The van der Waals surface area contributed by atoms with E-state index >= 15 is 0 Å². The minimum absolute atomic E-state index is 0.246. The van der Waals surface area contributed by atoms with Gasteiger partial charge in [0.15, 0.2) is 0 Å². The summed E-state index contributed by atoms with van der Waals surface area (Å²) < 4.78 is 6.04. The lowest BCUT2D eigenvalue weighted by molar-refractivity contribution is 0.102. The van der Waals surface area contributed by atoms with E-state index in [0.29, 0.717) is 33.9 Å². The Morgan fingerprint density at radius 3 is 2.80 bits per heavy atom. The molecule has 0 bridgehead atoms. The number of benzene rings is 1. The van der Waals surface area contributed by atoms with Crippen molar-refractivity contribution in [2.75, 3.05) is 17.7 Å². The summed E-state index contributed by atoms with van der Waals surface area (Å²) in [6.45, 7) is 2.40. The van der Waals surface area contributed by atoms with Gasteiger partial charge in [0.25, 0.3) is 5.91 Å². The SMILES string of the molecule is CCOc1ccc(C(=O)Nc2ccc(Br)nc2)cc1N. The molecule has 1 aromatic carbocycles. The largest absolute Gasteiger partial charge is 0.492 e. The van der Waals surface area contributed by atoms with Crippen molar-refractivity contribution in [3.05, 3.63) is 46.7 Å². The molecular formula is C14H14BrN3O2. The average Bonchev–Trinajstić information content (AvgIpc) is 2.44. The van der Waals surface area contributed by atoms with Crippen LogP contribution in [0.4, 0.5) is 11.4 Å². The second-order valence-electron chi connectivity index (χ2n) is 4.01. The van der Waals surface area contributed by atoms with E-state index in [4.69, 9.17) is 10.5 Å². The van der Waals surface area contributed by atoms with Crippen LogP contribution in [0.2, 0.25) is 0 Å². The number of halogens is 1. The molecule has 0 radical (unpaired) electrons. The summed E-state index contributed by atoms with van der Waals surface area (Å²) in [5, 5.41) is 2.75. The highest BCUT2D eigenvalue weighted by Crippen LogP contribution is 2.23. The van der Waals surface area contributed by atoms with Crippen LogP contribution in [-0.2, 0) is 0 Å².